The number of nitrogens with zero attached hydrogens (tertiary/aromatic N) is 1. The number of cyclic esters (lactones) is 1. The van der Waals surface area contributed by atoms with Gasteiger partial charge in [-0.05, 0) is 18.4 Å². The average Bonchev–Trinajstić information content (AvgIpc) is 2.68. The normalized spacial score (nSPS) is 26.3. The van der Waals surface area contributed by atoms with Crippen LogP contribution in [0.15, 0.2) is 42.5 Å². The molecular formula is C20H26N2O4. The van der Waals surface area contributed by atoms with Crippen LogP contribution in [0.4, 0.5) is 0 Å². The molecule has 1 N–H and O–H groups in total. The number of rotatable bonds is 2. The van der Waals surface area contributed by atoms with Crippen molar-refractivity contribution in [1.29, 1.82) is 0 Å². The lowest BCUT2D eigenvalue weighted by Gasteiger charge is -2.33. The van der Waals surface area contributed by atoms with Gasteiger partial charge < -0.3 is 14.8 Å². The summed E-state index contributed by atoms with van der Waals surface area (Å²) in [5, 5.41) is 2.98. The Morgan fingerprint density at radius 1 is 1.04 bits per heavy atom. The predicted molar refractivity (Wildman–Crippen MR) is 97.5 cm³/mol. The minimum absolute atomic E-state index is 0.0372. The van der Waals surface area contributed by atoms with Crippen molar-refractivity contribution in [1.82, 2.24) is 10.2 Å². The first kappa shape index (κ1) is 18.6. The fraction of sp³-hybridized carbons (Fsp3) is 0.500. The van der Waals surface area contributed by atoms with E-state index in [0.717, 1.165) is 18.7 Å². The molecule has 1 aromatic rings. The first-order chi connectivity index (χ1) is 12.7. The van der Waals surface area contributed by atoms with Crippen molar-refractivity contribution in [3.05, 3.63) is 48.0 Å². The second-order valence-corrected chi connectivity index (χ2v) is 6.57. The zero-order valence-electron chi connectivity index (χ0n) is 14.9. The highest BCUT2D eigenvalue weighted by Gasteiger charge is 2.29. The van der Waals surface area contributed by atoms with Gasteiger partial charge in [0.1, 0.15) is 12.6 Å². The lowest BCUT2D eigenvalue weighted by molar-refractivity contribution is -0.153. The molecule has 1 amide bonds. The topological polar surface area (TPSA) is 67.9 Å². The van der Waals surface area contributed by atoms with Crippen LogP contribution >= 0.6 is 0 Å². The van der Waals surface area contributed by atoms with E-state index in [1.807, 2.05) is 42.5 Å². The molecule has 0 radical (unpaired) electrons. The number of hydrogen-bond acceptors (Lipinski definition) is 5. The highest BCUT2D eigenvalue weighted by atomic mass is 16.5. The number of hydrogen-bond donors (Lipinski definition) is 1. The molecule has 3 rings (SSSR count). The van der Waals surface area contributed by atoms with Gasteiger partial charge in [0, 0.05) is 19.5 Å². The third-order valence-corrected chi connectivity index (χ3v) is 4.75. The van der Waals surface area contributed by atoms with Crippen molar-refractivity contribution in [2.75, 3.05) is 32.9 Å². The molecule has 0 saturated carbocycles. The number of benzene rings is 1. The standard InChI is InChI=1S/C20H26N2O4/c23-19-10-6-2-5-9-18(22-11-13-25-14-12-22)20(24)26-15-17(21-19)16-7-3-1-4-8-16/h1-5,7-8,17-18H,6,9-15H2,(H,21,23)/t17-,18+/m0/s1. The van der Waals surface area contributed by atoms with Crippen molar-refractivity contribution in [2.24, 2.45) is 0 Å². The van der Waals surface area contributed by atoms with Crippen LogP contribution in [-0.4, -0.2) is 55.7 Å². The monoisotopic (exact) mass is 358 g/mol. The number of morpholine rings is 1. The highest BCUT2D eigenvalue weighted by molar-refractivity contribution is 5.77. The molecule has 2 heterocycles. The molecule has 6 nitrogen and oxygen atoms in total. The second kappa shape index (κ2) is 9.50. The van der Waals surface area contributed by atoms with E-state index in [1.54, 1.807) is 0 Å². The number of allylic oxidation sites excluding steroid dienone is 1. The van der Waals surface area contributed by atoms with Crippen molar-refractivity contribution in [3.63, 3.8) is 0 Å². The number of carbonyl (C=O) groups excluding carboxylic acids is 2. The van der Waals surface area contributed by atoms with E-state index in [4.69, 9.17) is 9.47 Å². The van der Waals surface area contributed by atoms with E-state index in [-0.39, 0.29) is 30.6 Å². The summed E-state index contributed by atoms with van der Waals surface area (Å²) in [6.45, 7) is 2.87. The average molecular weight is 358 g/mol. The highest BCUT2D eigenvalue weighted by Crippen LogP contribution is 2.17. The maximum Gasteiger partial charge on any atom is 0.323 e. The zero-order chi connectivity index (χ0) is 18.2. The first-order valence-electron chi connectivity index (χ1n) is 9.22. The fourth-order valence-corrected chi connectivity index (χ4v) is 3.28. The molecule has 0 unspecified atom stereocenters. The molecule has 1 aromatic carbocycles. The van der Waals surface area contributed by atoms with Gasteiger partial charge in [-0.25, -0.2) is 0 Å². The van der Waals surface area contributed by atoms with Crippen molar-refractivity contribution < 1.29 is 19.1 Å². The Kier molecular flexibility index (Phi) is 6.80. The smallest absolute Gasteiger partial charge is 0.323 e. The van der Waals surface area contributed by atoms with E-state index in [1.165, 1.54) is 0 Å². The molecule has 2 aliphatic rings. The zero-order valence-corrected chi connectivity index (χ0v) is 14.9. The number of carbonyl (C=O) groups is 2. The van der Waals surface area contributed by atoms with Crippen LogP contribution in [0.5, 0.6) is 0 Å². The van der Waals surface area contributed by atoms with Gasteiger partial charge in [-0.3, -0.25) is 14.5 Å². The molecule has 0 bridgehead atoms. The molecule has 2 aliphatic heterocycles. The molecule has 1 fully saturated rings. The summed E-state index contributed by atoms with van der Waals surface area (Å²) in [7, 11) is 0. The lowest BCUT2D eigenvalue weighted by atomic mass is 10.1. The van der Waals surface area contributed by atoms with Crippen molar-refractivity contribution in [3.8, 4) is 0 Å². The van der Waals surface area contributed by atoms with Crippen LogP contribution in [0.1, 0.15) is 30.9 Å². The minimum atomic E-state index is -0.332. The van der Waals surface area contributed by atoms with E-state index in [9.17, 15) is 9.59 Å². The molecule has 0 spiro atoms. The Balaban J connectivity index is 1.74. The van der Waals surface area contributed by atoms with Gasteiger partial charge in [-0.1, -0.05) is 42.5 Å². The SMILES string of the molecule is O=C1CCC=CC[C@@H](N2CCOCC2)C(=O)OC[C@@H](c2ccccc2)N1. The summed E-state index contributed by atoms with van der Waals surface area (Å²) in [6.07, 6.45) is 5.63. The maximum atomic E-state index is 12.7. The van der Waals surface area contributed by atoms with Crippen LogP contribution < -0.4 is 5.32 Å². The molecule has 6 heteroatoms. The molecule has 1 saturated heterocycles. The van der Waals surface area contributed by atoms with E-state index < -0.39 is 0 Å². The maximum absolute atomic E-state index is 12.7. The minimum Gasteiger partial charge on any atom is -0.462 e. The Morgan fingerprint density at radius 3 is 2.58 bits per heavy atom. The largest absolute Gasteiger partial charge is 0.462 e. The third kappa shape index (κ3) is 5.16. The summed E-state index contributed by atoms with van der Waals surface area (Å²) in [5.41, 5.74) is 0.934. The molecule has 0 aliphatic carbocycles. The van der Waals surface area contributed by atoms with Gasteiger partial charge >= 0.3 is 5.97 Å². The van der Waals surface area contributed by atoms with Crippen molar-refractivity contribution >= 4 is 11.9 Å². The summed E-state index contributed by atoms with van der Waals surface area (Å²) in [5.74, 6) is -0.280. The fourth-order valence-electron chi connectivity index (χ4n) is 3.28. The van der Waals surface area contributed by atoms with Gasteiger partial charge in [-0.2, -0.15) is 0 Å². The number of nitrogens with one attached hydrogen (secondary N) is 1. The van der Waals surface area contributed by atoms with Crippen LogP contribution in [0.2, 0.25) is 0 Å². The van der Waals surface area contributed by atoms with Crippen LogP contribution in [0.25, 0.3) is 0 Å². The van der Waals surface area contributed by atoms with E-state index in [2.05, 4.69) is 10.2 Å². The van der Waals surface area contributed by atoms with Crippen molar-refractivity contribution in [2.45, 2.75) is 31.3 Å². The second-order valence-electron chi connectivity index (χ2n) is 6.57. The summed E-state index contributed by atoms with van der Waals surface area (Å²) in [6, 6.07) is 8.99. The quantitative estimate of drug-likeness (QED) is 0.645. The Bertz CT molecular complexity index is 626. The summed E-state index contributed by atoms with van der Waals surface area (Å²) < 4.78 is 11.0. The van der Waals surface area contributed by atoms with Gasteiger partial charge in [0.2, 0.25) is 5.91 Å². The molecule has 140 valence electrons. The predicted octanol–water partition coefficient (Wildman–Crippen LogP) is 1.83. The van der Waals surface area contributed by atoms with E-state index in [0.29, 0.717) is 32.5 Å². The number of amides is 1. The van der Waals surface area contributed by atoms with Gasteiger partial charge in [0.25, 0.3) is 0 Å². The molecule has 2 atom stereocenters. The van der Waals surface area contributed by atoms with Crippen LogP contribution in [-0.2, 0) is 19.1 Å². The van der Waals surface area contributed by atoms with Gasteiger partial charge in [-0.15, -0.1) is 0 Å². The Morgan fingerprint density at radius 2 is 1.81 bits per heavy atom. The molecular weight excluding hydrogens is 332 g/mol. The Labute approximate surface area is 154 Å². The van der Waals surface area contributed by atoms with Gasteiger partial charge in [0.05, 0.1) is 19.3 Å². The summed E-state index contributed by atoms with van der Waals surface area (Å²) in [4.78, 5) is 27.0. The lowest BCUT2D eigenvalue weighted by Crippen LogP contribution is -2.48. The van der Waals surface area contributed by atoms with Crippen LogP contribution in [0.3, 0.4) is 0 Å². The Hall–Kier alpha value is -2.18. The molecule has 0 aromatic heterocycles. The summed E-state index contributed by atoms with van der Waals surface area (Å²) >= 11 is 0. The van der Waals surface area contributed by atoms with Gasteiger partial charge in [0.15, 0.2) is 0 Å². The van der Waals surface area contributed by atoms with Crippen LogP contribution in [0, 0.1) is 0 Å². The first-order valence-corrected chi connectivity index (χ1v) is 9.22. The number of ether oxygens (including phenoxy) is 2. The van der Waals surface area contributed by atoms with E-state index >= 15 is 0 Å². The molecule has 26 heavy (non-hydrogen) atoms. The number of esters is 1. The third-order valence-electron chi connectivity index (χ3n) is 4.75.